The van der Waals surface area contributed by atoms with Crippen LogP contribution in [-0.2, 0) is 4.79 Å². The van der Waals surface area contributed by atoms with Crippen molar-refractivity contribution in [2.24, 2.45) is 5.41 Å². The highest BCUT2D eigenvalue weighted by atomic mass is 19.1. The first-order chi connectivity index (χ1) is 12.5. The molecule has 1 aromatic rings. The molecule has 2 heterocycles. The van der Waals surface area contributed by atoms with Gasteiger partial charge in [0.15, 0.2) is 0 Å². The fourth-order valence-electron chi connectivity index (χ4n) is 4.67. The number of urea groups is 1. The maximum atomic E-state index is 13.5. The normalized spacial score (nSPS) is 26.7. The molecule has 1 atom stereocenters. The molecule has 140 valence electrons. The van der Waals surface area contributed by atoms with Gasteiger partial charge in [-0.3, -0.25) is 4.79 Å². The number of anilines is 1. The lowest BCUT2D eigenvalue weighted by molar-refractivity contribution is -0.117. The molecule has 1 N–H and O–H groups in total. The van der Waals surface area contributed by atoms with Crippen LogP contribution in [0.5, 0.6) is 0 Å². The van der Waals surface area contributed by atoms with E-state index in [-0.39, 0.29) is 23.2 Å². The van der Waals surface area contributed by atoms with Crippen molar-refractivity contribution in [2.45, 2.75) is 51.0 Å². The molecule has 1 saturated carbocycles. The first kappa shape index (κ1) is 17.3. The van der Waals surface area contributed by atoms with Crippen LogP contribution in [0.25, 0.3) is 0 Å². The molecule has 5 nitrogen and oxygen atoms in total. The van der Waals surface area contributed by atoms with Gasteiger partial charge in [-0.1, -0.05) is 25.3 Å². The second-order valence-corrected chi connectivity index (χ2v) is 8.09. The molecule has 26 heavy (non-hydrogen) atoms. The summed E-state index contributed by atoms with van der Waals surface area (Å²) in [7, 11) is 0. The number of amides is 3. The molecule has 3 amide bonds. The third-order valence-electron chi connectivity index (χ3n) is 6.10. The molecule has 0 bridgehead atoms. The van der Waals surface area contributed by atoms with E-state index >= 15 is 0 Å². The number of hydrogen-bond acceptors (Lipinski definition) is 2. The van der Waals surface area contributed by atoms with Crippen LogP contribution in [0.1, 0.15) is 44.9 Å². The number of hydrogen-bond donors (Lipinski definition) is 1. The van der Waals surface area contributed by atoms with Crippen molar-refractivity contribution in [1.29, 1.82) is 0 Å². The molecule has 2 saturated heterocycles. The number of carbonyl (C=O) groups is 2. The second-order valence-electron chi connectivity index (χ2n) is 8.09. The SMILES string of the molecule is O=C(NC1CCCCC1)N1CCC2(CC(=O)N(c3cccc(F)c3)C2)C1. The number of carbonyl (C=O) groups excluding carboxylic acids is 2. The fraction of sp³-hybridized carbons (Fsp3) is 0.600. The number of rotatable bonds is 2. The van der Waals surface area contributed by atoms with E-state index < -0.39 is 0 Å². The van der Waals surface area contributed by atoms with E-state index in [1.807, 2.05) is 4.90 Å². The van der Waals surface area contributed by atoms with Crippen molar-refractivity contribution in [1.82, 2.24) is 10.2 Å². The van der Waals surface area contributed by atoms with Crippen LogP contribution in [0.2, 0.25) is 0 Å². The third kappa shape index (κ3) is 3.41. The van der Waals surface area contributed by atoms with Crippen LogP contribution >= 0.6 is 0 Å². The predicted octanol–water partition coefficient (Wildman–Crippen LogP) is 3.30. The van der Waals surface area contributed by atoms with Crippen LogP contribution in [-0.4, -0.2) is 42.5 Å². The van der Waals surface area contributed by atoms with Gasteiger partial charge in [0.25, 0.3) is 0 Å². The third-order valence-corrected chi connectivity index (χ3v) is 6.10. The summed E-state index contributed by atoms with van der Waals surface area (Å²) >= 11 is 0. The van der Waals surface area contributed by atoms with E-state index in [0.717, 1.165) is 19.3 Å². The first-order valence-electron chi connectivity index (χ1n) is 9.66. The number of nitrogens with one attached hydrogen (secondary N) is 1. The van der Waals surface area contributed by atoms with Crippen LogP contribution in [0, 0.1) is 11.2 Å². The maximum Gasteiger partial charge on any atom is 0.317 e. The standard InChI is InChI=1S/C20H26FN3O2/c21-15-5-4-8-17(11-15)24-14-20(12-18(24)25)9-10-23(13-20)19(26)22-16-6-2-1-3-7-16/h4-5,8,11,16H,1-3,6-7,9-10,12-14H2,(H,22,26). The lowest BCUT2D eigenvalue weighted by Gasteiger charge is -2.27. The molecule has 2 aliphatic heterocycles. The van der Waals surface area contributed by atoms with Gasteiger partial charge < -0.3 is 15.1 Å². The fourth-order valence-corrected chi connectivity index (χ4v) is 4.67. The van der Waals surface area contributed by atoms with Gasteiger partial charge in [0.05, 0.1) is 0 Å². The average Bonchev–Trinajstić information content (AvgIpc) is 3.19. The Morgan fingerprint density at radius 2 is 2.00 bits per heavy atom. The Morgan fingerprint density at radius 1 is 1.19 bits per heavy atom. The zero-order chi connectivity index (χ0) is 18.1. The van der Waals surface area contributed by atoms with Crippen molar-refractivity contribution in [3.63, 3.8) is 0 Å². The van der Waals surface area contributed by atoms with E-state index in [1.54, 1.807) is 17.0 Å². The Labute approximate surface area is 153 Å². The van der Waals surface area contributed by atoms with Gasteiger partial charge in [-0.25, -0.2) is 9.18 Å². The van der Waals surface area contributed by atoms with Gasteiger partial charge in [0, 0.05) is 43.2 Å². The average molecular weight is 359 g/mol. The number of halogens is 1. The van der Waals surface area contributed by atoms with E-state index in [1.165, 1.54) is 31.4 Å². The Hall–Kier alpha value is -2.11. The van der Waals surface area contributed by atoms with Gasteiger partial charge in [-0.15, -0.1) is 0 Å². The number of likely N-dealkylation sites (tertiary alicyclic amines) is 1. The summed E-state index contributed by atoms with van der Waals surface area (Å²) in [4.78, 5) is 28.7. The molecule has 0 aromatic heterocycles. The molecule has 3 aliphatic rings. The van der Waals surface area contributed by atoms with Gasteiger partial charge in [0.1, 0.15) is 5.82 Å². The van der Waals surface area contributed by atoms with Crippen molar-refractivity contribution in [2.75, 3.05) is 24.5 Å². The molecule has 1 unspecified atom stereocenters. The zero-order valence-corrected chi connectivity index (χ0v) is 15.0. The van der Waals surface area contributed by atoms with Gasteiger partial charge in [-0.05, 0) is 37.5 Å². The van der Waals surface area contributed by atoms with Crippen LogP contribution in [0.15, 0.2) is 24.3 Å². The molecule has 1 spiro atoms. The summed E-state index contributed by atoms with van der Waals surface area (Å²) in [5.74, 6) is -0.318. The minimum absolute atomic E-state index is 0.00503. The van der Waals surface area contributed by atoms with Crippen LogP contribution < -0.4 is 10.2 Å². The van der Waals surface area contributed by atoms with E-state index in [4.69, 9.17) is 0 Å². The molecule has 0 radical (unpaired) electrons. The quantitative estimate of drug-likeness (QED) is 0.881. The molecule has 3 fully saturated rings. The van der Waals surface area contributed by atoms with Gasteiger partial charge in [-0.2, -0.15) is 0 Å². The van der Waals surface area contributed by atoms with Crippen LogP contribution in [0.4, 0.5) is 14.9 Å². The Kier molecular flexibility index (Phi) is 4.59. The summed E-state index contributed by atoms with van der Waals surface area (Å²) < 4.78 is 13.5. The summed E-state index contributed by atoms with van der Waals surface area (Å²) in [6, 6.07) is 6.48. The Balaban J connectivity index is 1.39. The van der Waals surface area contributed by atoms with Crippen molar-refractivity contribution < 1.29 is 14.0 Å². The summed E-state index contributed by atoms with van der Waals surface area (Å²) in [5, 5.41) is 3.17. The lowest BCUT2D eigenvalue weighted by Crippen LogP contribution is -2.45. The minimum Gasteiger partial charge on any atom is -0.335 e. The minimum atomic E-state index is -0.337. The highest BCUT2D eigenvalue weighted by Crippen LogP contribution is 2.42. The topological polar surface area (TPSA) is 52.7 Å². The second kappa shape index (κ2) is 6.89. The van der Waals surface area contributed by atoms with E-state index in [2.05, 4.69) is 5.32 Å². The first-order valence-corrected chi connectivity index (χ1v) is 9.66. The summed E-state index contributed by atoms with van der Waals surface area (Å²) in [5.41, 5.74) is 0.407. The van der Waals surface area contributed by atoms with Crippen LogP contribution in [0.3, 0.4) is 0 Å². The predicted molar refractivity (Wildman–Crippen MR) is 97.4 cm³/mol. The van der Waals surface area contributed by atoms with Crippen molar-refractivity contribution in [3.05, 3.63) is 30.1 Å². The maximum absolute atomic E-state index is 13.5. The molecular weight excluding hydrogens is 333 g/mol. The number of nitrogens with zero attached hydrogens (tertiary/aromatic N) is 2. The largest absolute Gasteiger partial charge is 0.335 e. The highest BCUT2D eigenvalue weighted by molar-refractivity contribution is 5.96. The lowest BCUT2D eigenvalue weighted by atomic mass is 9.86. The van der Waals surface area contributed by atoms with E-state index in [0.29, 0.717) is 37.8 Å². The highest BCUT2D eigenvalue weighted by Gasteiger charge is 2.49. The summed E-state index contributed by atoms with van der Waals surface area (Å²) in [6.07, 6.45) is 7.02. The Bertz CT molecular complexity index is 704. The van der Waals surface area contributed by atoms with Gasteiger partial charge in [0.2, 0.25) is 5.91 Å². The molecule has 1 aliphatic carbocycles. The smallest absolute Gasteiger partial charge is 0.317 e. The monoisotopic (exact) mass is 359 g/mol. The van der Waals surface area contributed by atoms with Crippen molar-refractivity contribution in [3.8, 4) is 0 Å². The molecular formula is C20H26FN3O2. The number of benzene rings is 1. The van der Waals surface area contributed by atoms with Crippen molar-refractivity contribution >= 4 is 17.6 Å². The molecule has 1 aromatic carbocycles. The molecule has 6 heteroatoms. The summed E-state index contributed by atoms with van der Waals surface area (Å²) in [6.45, 7) is 1.84. The van der Waals surface area contributed by atoms with E-state index in [9.17, 15) is 14.0 Å². The Morgan fingerprint density at radius 3 is 2.77 bits per heavy atom. The zero-order valence-electron chi connectivity index (χ0n) is 15.0. The van der Waals surface area contributed by atoms with Gasteiger partial charge >= 0.3 is 6.03 Å². The molecule has 4 rings (SSSR count).